The fraction of sp³-hybridized carbons (Fsp3) is 0.364. The Morgan fingerprint density at radius 3 is 2.69 bits per heavy atom. The van der Waals surface area contributed by atoms with Crippen molar-refractivity contribution in [3.05, 3.63) is 24.0 Å². The molecule has 0 atom stereocenters. The summed E-state index contributed by atoms with van der Waals surface area (Å²) in [6.07, 6.45) is 6.96. The second kappa shape index (κ2) is 6.55. The van der Waals surface area contributed by atoms with Gasteiger partial charge in [0.2, 0.25) is 0 Å². The number of hydrogen-bond donors (Lipinski definition) is 0. The molecule has 0 radical (unpaired) electrons. The fourth-order valence-corrected chi connectivity index (χ4v) is 0.990. The lowest BCUT2D eigenvalue weighted by Crippen LogP contribution is -1.97. The Bertz CT molecular complexity index is 360. The largest absolute Gasteiger partial charge is 0.469 e. The Morgan fingerprint density at radius 1 is 1.44 bits per heavy atom. The van der Waals surface area contributed by atoms with Gasteiger partial charge in [-0.2, -0.15) is 0 Å². The molecule has 0 aliphatic rings. The summed E-state index contributed by atoms with van der Waals surface area (Å²) in [6.45, 7) is 2.41. The summed E-state index contributed by atoms with van der Waals surface area (Å²) in [6, 6.07) is 0.354. The molecule has 0 aliphatic carbocycles. The van der Waals surface area contributed by atoms with Crippen molar-refractivity contribution in [1.82, 2.24) is 9.97 Å². The molecule has 0 saturated carbocycles. The molecular formula is C11H14N2O3. The van der Waals surface area contributed by atoms with Gasteiger partial charge in [-0.25, -0.2) is 9.97 Å². The Kier molecular flexibility index (Phi) is 4.98. The maximum atomic E-state index is 10.8. The minimum atomic E-state index is -0.275. The first-order chi connectivity index (χ1) is 7.76. The second-order valence-corrected chi connectivity index (χ2v) is 2.91. The fourth-order valence-electron chi connectivity index (χ4n) is 0.990. The zero-order valence-corrected chi connectivity index (χ0v) is 9.34. The maximum absolute atomic E-state index is 10.8. The van der Waals surface area contributed by atoms with E-state index in [0.717, 1.165) is 5.56 Å². The van der Waals surface area contributed by atoms with E-state index in [2.05, 4.69) is 14.7 Å². The number of nitrogens with zero attached hydrogens (tertiary/aromatic N) is 2. The van der Waals surface area contributed by atoms with Gasteiger partial charge in [-0.15, -0.1) is 0 Å². The third kappa shape index (κ3) is 4.08. The van der Waals surface area contributed by atoms with Crippen LogP contribution in [0.2, 0.25) is 0 Å². The van der Waals surface area contributed by atoms with Crippen molar-refractivity contribution in [3.63, 3.8) is 0 Å². The van der Waals surface area contributed by atoms with Gasteiger partial charge in [0, 0.05) is 18.0 Å². The molecule has 86 valence electrons. The number of carbonyl (C=O) groups is 1. The van der Waals surface area contributed by atoms with E-state index in [1.165, 1.54) is 7.11 Å². The van der Waals surface area contributed by atoms with Crippen molar-refractivity contribution < 1.29 is 14.3 Å². The first-order valence-corrected chi connectivity index (χ1v) is 4.94. The van der Waals surface area contributed by atoms with E-state index in [9.17, 15) is 4.79 Å². The number of rotatable bonds is 5. The van der Waals surface area contributed by atoms with Gasteiger partial charge < -0.3 is 9.47 Å². The van der Waals surface area contributed by atoms with E-state index in [0.29, 0.717) is 12.6 Å². The predicted octanol–water partition coefficient (Wildman–Crippen LogP) is 1.45. The molecule has 0 amide bonds. The Hall–Kier alpha value is -1.91. The molecule has 16 heavy (non-hydrogen) atoms. The first-order valence-electron chi connectivity index (χ1n) is 4.94. The second-order valence-electron chi connectivity index (χ2n) is 2.91. The van der Waals surface area contributed by atoms with Crippen molar-refractivity contribution in [2.24, 2.45) is 0 Å². The van der Waals surface area contributed by atoms with Crippen LogP contribution in [0.15, 0.2) is 18.5 Å². The Morgan fingerprint density at radius 2 is 2.12 bits per heavy atom. The molecule has 0 fully saturated rings. The van der Waals surface area contributed by atoms with Gasteiger partial charge in [-0.1, -0.05) is 12.2 Å². The molecular weight excluding hydrogens is 208 g/mol. The molecule has 5 nitrogen and oxygen atoms in total. The molecule has 0 unspecified atom stereocenters. The minimum absolute atomic E-state index is 0.240. The summed E-state index contributed by atoms with van der Waals surface area (Å²) >= 11 is 0. The topological polar surface area (TPSA) is 61.3 Å². The van der Waals surface area contributed by atoms with Crippen molar-refractivity contribution in [2.45, 2.75) is 13.3 Å². The van der Waals surface area contributed by atoms with E-state index in [-0.39, 0.29) is 12.4 Å². The summed E-state index contributed by atoms with van der Waals surface area (Å²) in [4.78, 5) is 18.8. The number of carbonyl (C=O) groups excluding carboxylic acids is 1. The van der Waals surface area contributed by atoms with E-state index < -0.39 is 0 Å². The van der Waals surface area contributed by atoms with Gasteiger partial charge >= 0.3 is 12.0 Å². The SMILES string of the molecule is CCOc1ncc(C=CCC(=O)OC)cn1. The summed E-state index contributed by atoms with van der Waals surface area (Å²) in [5, 5.41) is 0. The van der Waals surface area contributed by atoms with Crippen LogP contribution in [0.25, 0.3) is 6.08 Å². The molecule has 5 heteroatoms. The number of esters is 1. The molecule has 1 rings (SSSR count). The molecule has 0 aliphatic heterocycles. The standard InChI is InChI=1S/C11H14N2O3/c1-3-16-11-12-7-9(8-13-11)5-4-6-10(14)15-2/h4-5,7-8H,3,6H2,1-2H3. The van der Waals surface area contributed by atoms with E-state index in [1.54, 1.807) is 24.5 Å². The van der Waals surface area contributed by atoms with E-state index >= 15 is 0 Å². The summed E-state index contributed by atoms with van der Waals surface area (Å²) in [7, 11) is 1.36. The molecule has 1 aromatic rings. The number of ether oxygens (including phenoxy) is 2. The van der Waals surface area contributed by atoms with Crippen LogP contribution in [-0.2, 0) is 9.53 Å². The lowest BCUT2D eigenvalue weighted by Gasteiger charge is -1.99. The van der Waals surface area contributed by atoms with Gasteiger partial charge in [0.05, 0.1) is 20.1 Å². The highest BCUT2D eigenvalue weighted by molar-refractivity contribution is 5.72. The van der Waals surface area contributed by atoms with Gasteiger partial charge in [-0.3, -0.25) is 4.79 Å². The van der Waals surface area contributed by atoms with Crippen molar-refractivity contribution in [1.29, 1.82) is 0 Å². The molecule has 0 spiro atoms. The predicted molar refractivity (Wildman–Crippen MR) is 58.9 cm³/mol. The molecule has 1 aromatic heterocycles. The quantitative estimate of drug-likeness (QED) is 0.706. The molecule has 1 heterocycles. The van der Waals surface area contributed by atoms with Crippen molar-refractivity contribution in [3.8, 4) is 6.01 Å². The highest BCUT2D eigenvalue weighted by atomic mass is 16.5. The van der Waals surface area contributed by atoms with E-state index in [1.807, 2.05) is 6.92 Å². The number of hydrogen-bond acceptors (Lipinski definition) is 5. The summed E-state index contributed by atoms with van der Waals surface area (Å²) < 4.78 is 9.60. The van der Waals surface area contributed by atoms with Crippen LogP contribution < -0.4 is 4.74 Å². The Balaban J connectivity index is 2.51. The average molecular weight is 222 g/mol. The Labute approximate surface area is 94.1 Å². The lowest BCUT2D eigenvalue weighted by molar-refractivity contribution is -0.139. The molecule has 0 aromatic carbocycles. The molecule has 0 bridgehead atoms. The number of aromatic nitrogens is 2. The van der Waals surface area contributed by atoms with Gasteiger partial charge in [0.25, 0.3) is 0 Å². The van der Waals surface area contributed by atoms with E-state index in [4.69, 9.17) is 4.74 Å². The zero-order chi connectivity index (χ0) is 11.8. The third-order valence-electron chi connectivity index (χ3n) is 1.74. The lowest BCUT2D eigenvalue weighted by atomic mass is 10.3. The molecule has 0 saturated heterocycles. The molecule has 0 N–H and O–H groups in total. The summed E-state index contributed by atoms with van der Waals surface area (Å²) in [5.74, 6) is -0.275. The van der Waals surface area contributed by atoms with Crippen molar-refractivity contribution in [2.75, 3.05) is 13.7 Å². The van der Waals surface area contributed by atoms with Crippen LogP contribution in [0, 0.1) is 0 Å². The highest BCUT2D eigenvalue weighted by Crippen LogP contribution is 2.04. The normalized spacial score (nSPS) is 10.4. The maximum Gasteiger partial charge on any atom is 0.316 e. The minimum Gasteiger partial charge on any atom is -0.469 e. The smallest absolute Gasteiger partial charge is 0.316 e. The van der Waals surface area contributed by atoms with Gasteiger partial charge in [0.15, 0.2) is 0 Å². The third-order valence-corrected chi connectivity index (χ3v) is 1.74. The van der Waals surface area contributed by atoms with Crippen LogP contribution in [-0.4, -0.2) is 29.7 Å². The van der Waals surface area contributed by atoms with Crippen LogP contribution in [0.4, 0.5) is 0 Å². The zero-order valence-electron chi connectivity index (χ0n) is 9.34. The van der Waals surface area contributed by atoms with Gasteiger partial charge in [-0.05, 0) is 6.92 Å². The first kappa shape index (κ1) is 12.2. The van der Waals surface area contributed by atoms with Crippen molar-refractivity contribution >= 4 is 12.0 Å². The van der Waals surface area contributed by atoms with Gasteiger partial charge in [0.1, 0.15) is 0 Å². The van der Waals surface area contributed by atoms with Crippen LogP contribution in [0.3, 0.4) is 0 Å². The highest BCUT2D eigenvalue weighted by Gasteiger charge is 1.96. The average Bonchev–Trinajstić information content (AvgIpc) is 2.31. The van der Waals surface area contributed by atoms with Crippen LogP contribution in [0.1, 0.15) is 18.9 Å². The number of methoxy groups -OCH3 is 1. The van der Waals surface area contributed by atoms with Crippen LogP contribution >= 0.6 is 0 Å². The summed E-state index contributed by atoms with van der Waals surface area (Å²) in [5.41, 5.74) is 0.812. The van der Waals surface area contributed by atoms with Crippen LogP contribution in [0.5, 0.6) is 6.01 Å². The monoisotopic (exact) mass is 222 g/mol.